The number of piperidine rings is 1. The van der Waals surface area contributed by atoms with Crippen LogP contribution in [0.5, 0.6) is 5.75 Å². The number of benzene rings is 1. The van der Waals surface area contributed by atoms with Gasteiger partial charge in [-0.25, -0.2) is 4.79 Å². The maximum atomic E-state index is 12.8. The van der Waals surface area contributed by atoms with Crippen molar-refractivity contribution in [3.63, 3.8) is 0 Å². The van der Waals surface area contributed by atoms with Crippen LogP contribution in [0.15, 0.2) is 48.7 Å². The van der Waals surface area contributed by atoms with Crippen molar-refractivity contribution >= 4 is 6.09 Å². The summed E-state index contributed by atoms with van der Waals surface area (Å²) in [5.74, 6) is 0.545. The Bertz CT molecular complexity index is 815. The van der Waals surface area contributed by atoms with Crippen LogP contribution in [0.25, 0.3) is 0 Å². The number of morpholine rings is 1. The molecule has 2 fully saturated rings. The number of nitrogens with zero attached hydrogens (tertiary/aromatic N) is 2. The molecule has 2 aliphatic rings. The van der Waals surface area contributed by atoms with Crippen molar-refractivity contribution in [2.24, 2.45) is 0 Å². The minimum atomic E-state index is -1.18. The number of pyridine rings is 1. The van der Waals surface area contributed by atoms with E-state index in [4.69, 9.17) is 14.2 Å². The molecule has 1 amide bonds. The van der Waals surface area contributed by atoms with E-state index in [0.29, 0.717) is 37.5 Å². The monoisotopic (exact) mass is 384 g/mol. The lowest BCUT2D eigenvalue weighted by Crippen LogP contribution is -2.62. The summed E-state index contributed by atoms with van der Waals surface area (Å²) in [6.07, 6.45) is 1.90. The molecular formula is C21H24N2O5. The number of aromatic nitrogens is 1. The summed E-state index contributed by atoms with van der Waals surface area (Å²) in [5.41, 5.74) is 0.262. The van der Waals surface area contributed by atoms with Crippen LogP contribution in [-0.2, 0) is 21.7 Å². The Balaban J connectivity index is 1.51. The average Bonchev–Trinajstić information content (AvgIpc) is 2.72. The summed E-state index contributed by atoms with van der Waals surface area (Å²) >= 11 is 0. The highest BCUT2D eigenvalue weighted by Gasteiger charge is 2.51. The Labute approximate surface area is 163 Å². The van der Waals surface area contributed by atoms with E-state index >= 15 is 0 Å². The van der Waals surface area contributed by atoms with Crippen LogP contribution in [-0.4, -0.2) is 53.5 Å². The van der Waals surface area contributed by atoms with Crippen LogP contribution < -0.4 is 4.74 Å². The molecule has 0 saturated carbocycles. The second-order valence-corrected chi connectivity index (χ2v) is 7.29. The lowest BCUT2D eigenvalue weighted by Gasteiger charge is -2.50. The Morgan fingerprint density at radius 1 is 1.21 bits per heavy atom. The van der Waals surface area contributed by atoms with Crippen molar-refractivity contribution in [1.29, 1.82) is 0 Å². The molecule has 0 aliphatic carbocycles. The van der Waals surface area contributed by atoms with Crippen LogP contribution in [0.2, 0.25) is 0 Å². The molecule has 148 valence electrons. The molecule has 3 heterocycles. The van der Waals surface area contributed by atoms with Crippen molar-refractivity contribution in [3.05, 3.63) is 59.9 Å². The Morgan fingerprint density at radius 3 is 2.61 bits per heavy atom. The topological polar surface area (TPSA) is 81.1 Å². The van der Waals surface area contributed by atoms with E-state index < -0.39 is 5.60 Å². The van der Waals surface area contributed by atoms with Gasteiger partial charge in [-0.2, -0.15) is 0 Å². The number of hydrogen-bond donors (Lipinski definition) is 1. The van der Waals surface area contributed by atoms with E-state index in [1.807, 2.05) is 30.3 Å². The summed E-state index contributed by atoms with van der Waals surface area (Å²) in [7, 11) is 1.56. The first kappa shape index (κ1) is 18.7. The van der Waals surface area contributed by atoms with E-state index in [2.05, 4.69) is 4.98 Å². The number of methoxy groups -OCH3 is 1. The third-order valence-corrected chi connectivity index (χ3v) is 5.40. The number of carbonyl (C=O) groups is 1. The molecule has 2 aliphatic heterocycles. The molecule has 4 rings (SSSR count). The largest absolute Gasteiger partial charge is 0.495 e. The molecule has 2 unspecified atom stereocenters. The van der Waals surface area contributed by atoms with Crippen LogP contribution in [0.3, 0.4) is 0 Å². The smallest absolute Gasteiger partial charge is 0.410 e. The van der Waals surface area contributed by atoms with Crippen LogP contribution >= 0.6 is 0 Å². The van der Waals surface area contributed by atoms with Crippen molar-refractivity contribution in [2.45, 2.75) is 37.1 Å². The number of fused-ring (bicyclic) bond motifs is 2. The Kier molecular flexibility index (Phi) is 5.19. The maximum Gasteiger partial charge on any atom is 0.410 e. The predicted octanol–water partition coefficient (Wildman–Crippen LogP) is 2.48. The van der Waals surface area contributed by atoms with Crippen LogP contribution in [0, 0.1) is 0 Å². The molecule has 2 saturated heterocycles. The first-order valence-corrected chi connectivity index (χ1v) is 9.39. The third-order valence-electron chi connectivity index (χ3n) is 5.40. The molecule has 2 aromatic rings. The lowest BCUT2D eigenvalue weighted by atomic mass is 9.78. The van der Waals surface area contributed by atoms with Gasteiger partial charge in [0.1, 0.15) is 23.7 Å². The SMILES string of the molecule is COc1cccnc1C1(O)CC2COCC(C1)N2C(=O)OCc1ccccc1. The van der Waals surface area contributed by atoms with Gasteiger partial charge in [-0.3, -0.25) is 9.88 Å². The van der Waals surface area contributed by atoms with Gasteiger partial charge in [0.2, 0.25) is 0 Å². The van der Waals surface area contributed by atoms with Crippen molar-refractivity contribution in [3.8, 4) is 5.75 Å². The highest BCUT2D eigenvalue weighted by molar-refractivity contribution is 5.69. The van der Waals surface area contributed by atoms with Crippen molar-refractivity contribution in [2.75, 3.05) is 20.3 Å². The molecule has 1 N–H and O–H groups in total. The number of ether oxygens (including phenoxy) is 3. The van der Waals surface area contributed by atoms with Crippen LogP contribution in [0.4, 0.5) is 4.79 Å². The maximum absolute atomic E-state index is 12.8. The first-order chi connectivity index (χ1) is 13.6. The van der Waals surface area contributed by atoms with Gasteiger partial charge in [0.15, 0.2) is 0 Å². The molecular weight excluding hydrogens is 360 g/mol. The molecule has 1 aromatic carbocycles. The number of aliphatic hydroxyl groups is 1. The van der Waals surface area contributed by atoms with Gasteiger partial charge in [0.25, 0.3) is 0 Å². The fourth-order valence-electron chi connectivity index (χ4n) is 4.17. The number of amides is 1. The first-order valence-electron chi connectivity index (χ1n) is 9.39. The fourth-order valence-corrected chi connectivity index (χ4v) is 4.17. The van der Waals surface area contributed by atoms with E-state index in [1.165, 1.54) is 0 Å². The number of hydrogen-bond acceptors (Lipinski definition) is 6. The standard InChI is InChI=1S/C21H24N2O5/c1-26-18-8-5-9-22-19(18)21(25)10-16-13-27-14-17(11-21)23(16)20(24)28-12-15-6-3-2-4-7-15/h2-9,16-17,25H,10-14H2,1H3. The van der Waals surface area contributed by atoms with E-state index in [-0.39, 0.29) is 24.8 Å². The van der Waals surface area contributed by atoms with Gasteiger partial charge in [-0.05, 0) is 17.7 Å². The van der Waals surface area contributed by atoms with Gasteiger partial charge < -0.3 is 19.3 Å². The van der Waals surface area contributed by atoms with Gasteiger partial charge in [0, 0.05) is 19.0 Å². The Hall–Kier alpha value is -2.64. The average molecular weight is 384 g/mol. The van der Waals surface area contributed by atoms with Gasteiger partial charge in [0.05, 0.1) is 32.4 Å². The zero-order chi connectivity index (χ0) is 19.6. The minimum Gasteiger partial charge on any atom is -0.495 e. The molecule has 7 nitrogen and oxygen atoms in total. The zero-order valence-corrected chi connectivity index (χ0v) is 15.8. The van der Waals surface area contributed by atoms with Gasteiger partial charge in [-0.15, -0.1) is 0 Å². The zero-order valence-electron chi connectivity index (χ0n) is 15.8. The van der Waals surface area contributed by atoms with E-state index in [1.54, 1.807) is 30.3 Å². The van der Waals surface area contributed by atoms with E-state index in [0.717, 1.165) is 5.56 Å². The second-order valence-electron chi connectivity index (χ2n) is 7.29. The van der Waals surface area contributed by atoms with Gasteiger partial charge >= 0.3 is 6.09 Å². The minimum absolute atomic E-state index is 0.217. The quantitative estimate of drug-likeness (QED) is 0.872. The predicted molar refractivity (Wildman–Crippen MR) is 101 cm³/mol. The molecule has 0 radical (unpaired) electrons. The molecule has 1 aromatic heterocycles. The molecule has 2 atom stereocenters. The summed E-state index contributed by atoms with van der Waals surface area (Å²) in [6.45, 7) is 0.928. The summed E-state index contributed by atoms with van der Waals surface area (Å²) < 4.78 is 16.6. The van der Waals surface area contributed by atoms with Gasteiger partial charge in [-0.1, -0.05) is 30.3 Å². The molecule has 7 heteroatoms. The van der Waals surface area contributed by atoms with Crippen molar-refractivity contribution < 1.29 is 24.1 Å². The number of carbonyl (C=O) groups excluding carboxylic acids is 1. The Morgan fingerprint density at radius 2 is 1.93 bits per heavy atom. The lowest BCUT2D eigenvalue weighted by molar-refractivity contribution is -0.138. The highest BCUT2D eigenvalue weighted by atomic mass is 16.6. The summed E-state index contributed by atoms with van der Waals surface area (Å²) in [4.78, 5) is 18.9. The normalized spacial score (nSPS) is 26.6. The molecule has 28 heavy (non-hydrogen) atoms. The highest BCUT2D eigenvalue weighted by Crippen LogP contribution is 2.43. The van der Waals surface area contributed by atoms with E-state index in [9.17, 15) is 9.90 Å². The summed E-state index contributed by atoms with van der Waals surface area (Å²) in [5, 5.41) is 11.4. The van der Waals surface area contributed by atoms with Crippen LogP contribution in [0.1, 0.15) is 24.1 Å². The second kappa shape index (κ2) is 7.77. The third kappa shape index (κ3) is 3.55. The summed E-state index contributed by atoms with van der Waals surface area (Å²) in [6, 6.07) is 12.6. The molecule has 0 spiro atoms. The molecule has 2 bridgehead atoms. The number of rotatable bonds is 4. The fraction of sp³-hybridized carbons (Fsp3) is 0.429. The van der Waals surface area contributed by atoms with Crippen molar-refractivity contribution in [1.82, 2.24) is 9.88 Å².